The predicted molar refractivity (Wildman–Crippen MR) is 80.5 cm³/mol. The van der Waals surface area contributed by atoms with E-state index in [2.05, 4.69) is 21.9 Å². The van der Waals surface area contributed by atoms with Crippen LogP contribution in [0.15, 0.2) is 23.8 Å². The van der Waals surface area contributed by atoms with Crippen LogP contribution in [0.1, 0.15) is 24.4 Å². The van der Waals surface area contributed by atoms with Crippen molar-refractivity contribution < 1.29 is 0 Å². The summed E-state index contributed by atoms with van der Waals surface area (Å²) < 4.78 is 2.66. The Morgan fingerprint density at radius 3 is 3.05 bits per heavy atom. The van der Waals surface area contributed by atoms with E-state index in [4.69, 9.17) is 23.8 Å². The summed E-state index contributed by atoms with van der Waals surface area (Å²) in [5, 5.41) is 3.61. The lowest BCUT2D eigenvalue weighted by molar-refractivity contribution is 0.568. The van der Waals surface area contributed by atoms with Gasteiger partial charge in [-0.05, 0) is 24.7 Å². The molecule has 0 aliphatic heterocycles. The fourth-order valence-corrected chi connectivity index (χ4v) is 3.44. The van der Waals surface area contributed by atoms with Gasteiger partial charge in [0.05, 0.1) is 16.6 Å². The molecule has 1 unspecified atom stereocenters. The monoisotopic (exact) mass is 310 g/mol. The van der Waals surface area contributed by atoms with E-state index in [1.807, 2.05) is 22.2 Å². The van der Waals surface area contributed by atoms with Crippen molar-refractivity contribution in [1.82, 2.24) is 19.5 Å². The van der Waals surface area contributed by atoms with E-state index < -0.39 is 0 Å². The van der Waals surface area contributed by atoms with Crippen molar-refractivity contribution in [2.45, 2.75) is 19.4 Å². The number of H-pyrrole nitrogens is 1. The van der Waals surface area contributed by atoms with Crippen LogP contribution in [0.3, 0.4) is 0 Å². The average molecular weight is 311 g/mol. The summed E-state index contributed by atoms with van der Waals surface area (Å²) in [6.07, 6.45) is 4.35. The molecule has 98 valence electrons. The number of thiazole rings is 1. The van der Waals surface area contributed by atoms with E-state index in [-0.39, 0.29) is 6.04 Å². The molecule has 0 saturated heterocycles. The molecule has 3 aromatic rings. The number of hydrogen-bond donors (Lipinski definition) is 1. The van der Waals surface area contributed by atoms with E-state index >= 15 is 0 Å². The van der Waals surface area contributed by atoms with E-state index in [1.165, 1.54) is 0 Å². The maximum atomic E-state index is 5.96. The van der Waals surface area contributed by atoms with Gasteiger partial charge in [0.25, 0.3) is 0 Å². The second-order valence-corrected chi connectivity index (χ2v) is 5.87. The van der Waals surface area contributed by atoms with Crippen molar-refractivity contribution >= 4 is 46.3 Å². The Balaban J connectivity index is 2.24. The maximum absolute atomic E-state index is 5.96. The number of nitrogens with one attached hydrogen (secondary N) is 1. The molecule has 0 fully saturated rings. The topological polar surface area (TPSA) is 46.5 Å². The van der Waals surface area contributed by atoms with E-state index in [9.17, 15) is 0 Å². The van der Waals surface area contributed by atoms with Gasteiger partial charge in [-0.1, -0.05) is 18.5 Å². The van der Waals surface area contributed by atoms with Crippen molar-refractivity contribution in [3.8, 4) is 0 Å². The minimum atomic E-state index is 0.106. The fourth-order valence-electron chi connectivity index (χ4n) is 2.14. The highest BCUT2D eigenvalue weighted by Crippen LogP contribution is 2.28. The highest BCUT2D eigenvalue weighted by molar-refractivity contribution is 7.71. The van der Waals surface area contributed by atoms with Crippen LogP contribution >= 0.6 is 35.2 Å². The zero-order valence-electron chi connectivity index (χ0n) is 10.1. The summed E-state index contributed by atoms with van der Waals surface area (Å²) >= 11 is 13.0. The van der Waals surface area contributed by atoms with Crippen molar-refractivity contribution in [2.75, 3.05) is 0 Å². The molecule has 19 heavy (non-hydrogen) atoms. The van der Waals surface area contributed by atoms with Gasteiger partial charge in [-0.15, -0.1) is 11.3 Å². The molecule has 1 atom stereocenters. The summed E-state index contributed by atoms with van der Waals surface area (Å²) in [5.74, 6) is 0. The molecular formula is C12H11ClN4S2. The van der Waals surface area contributed by atoms with Gasteiger partial charge >= 0.3 is 0 Å². The number of fused-ring (bicyclic) bond motifs is 1. The van der Waals surface area contributed by atoms with Crippen LogP contribution in [0.25, 0.3) is 11.2 Å². The number of aromatic amines is 1. The summed E-state index contributed by atoms with van der Waals surface area (Å²) in [6.45, 7) is 2.11. The first-order chi connectivity index (χ1) is 9.20. The van der Waals surface area contributed by atoms with Gasteiger partial charge in [0.2, 0.25) is 0 Å². The van der Waals surface area contributed by atoms with Crippen molar-refractivity contribution in [3.05, 3.63) is 38.6 Å². The van der Waals surface area contributed by atoms with Crippen LogP contribution in [-0.2, 0) is 0 Å². The number of nitrogens with zero attached hydrogens (tertiary/aromatic N) is 3. The molecule has 0 bridgehead atoms. The zero-order chi connectivity index (χ0) is 13.4. The molecule has 0 saturated carbocycles. The molecule has 0 radical (unpaired) electrons. The van der Waals surface area contributed by atoms with Gasteiger partial charge < -0.3 is 4.98 Å². The molecule has 0 aliphatic rings. The summed E-state index contributed by atoms with van der Waals surface area (Å²) in [7, 11) is 0. The van der Waals surface area contributed by atoms with Gasteiger partial charge in [0, 0.05) is 17.8 Å². The molecule has 4 nitrogen and oxygen atoms in total. The van der Waals surface area contributed by atoms with Crippen molar-refractivity contribution in [1.29, 1.82) is 0 Å². The zero-order valence-corrected chi connectivity index (χ0v) is 12.5. The smallest absolute Gasteiger partial charge is 0.179 e. The lowest BCUT2D eigenvalue weighted by Crippen LogP contribution is -2.10. The Morgan fingerprint density at radius 2 is 2.37 bits per heavy atom. The number of hydrogen-bond acceptors (Lipinski definition) is 4. The maximum Gasteiger partial charge on any atom is 0.179 e. The predicted octanol–water partition coefficient (Wildman–Crippen LogP) is 4.20. The van der Waals surface area contributed by atoms with Gasteiger partial charge in [-0.3, -0.25) is 4.57 Å². The second-order valence-electron chi connectivity index (χ2n) is 4.12. The highest BCUT2D eigenvalue weighted by atomic mass is 35.5. The normalized spacial score (nSPS) is 12.9. The fraction of sp³-hybridized carbons (Fsp3) is 0.250. The van der Waals surface area contributed by atoms with Crippen LogP contribution in [0.5, 0.6) is 0 Å². The molecule has 3 aromatic heterocycles. The Hall–Kier alpha value is -1.24. The van der Waals surface area contributed by atoms with Crippen LogP contribution in [0, 0.1) is 4.77 Å². The second kappa shape index (κ2) is 5.03. The van der Waals surface area contributed by atoms with Gasteiger partial charge in [0.1, 0.15) is 5.01 Å². The number of halogens is 1. The van der Waals surface area contributed by atoms with E-state index in [1.54, 1.807) is 17.5 Å². The highest BCUT2D eigenvalue weighted by Gasteiger charge is 2.19. The first-order valence-corrected chi connectivity index (χ1v) is 7.52. The van der Waals surface area contributed by atoms with Crippen LogP contribution in [-0.4, -0.2) is 19.5 Å². The SMILES string of the molecule is CCC(c1nccs1)n1c(=S)[nH]c2cc(Cl)cnc21. The number of rotatable bonds is 3. The van der Waals surface area contributed by atoms with Crippen LogP contribution in [0.4, 0.5) is 0 Å². The lowest BCUT2D eigenvalue weighted by atomic mass is 10.2. The quantitative estimate of drug-likeness (QED) is 0.737. The third kappa shape index (κ3) is 2.20. The third-order valence-electron chi connectivity index (χ3n) is 2.96. The molecule has 0 aromatic carbocycles. The van der Waals surface area contributed by atoms with Crippen LogP contribution < -0.4 is 0 Å². The number of pyridine rings is 1. The number of imidazole rings is 1. The summed E-state index contributed by atoms with van der Waals surface area (Å²) in [4.78, 5) is 11.9. The molecule has 0 amide bonds. The average Bonchev–Trinajstić information content (AvgIpc) is 2.99. The molecule has 3 rings (SSSR count). The first kappa shape index (κ1) is 12.8. The Labute approximate surface area is 124 Å². The Kier molecular flexibility index (Phi) is 3.38. The summed E-state index contributed by atoms with van der Waals surface area (Å²) in [5.41, 5.74) is 1.67. The van der Waals surface area contributed by atoms with Gasteiger partial charge in [-0.25, -0.2) is 9.97 Å². The van der Waals surface area contributed by atoms with Gasteiger partial charge in [0.15, 0.2) is 10.4 Å². The molecule has 3 heterocycles. The molecule has 0 spiro atoms. The number of aromatic nitrogens is 4. The lowest BCUT2D eigenvalue weighted by Gasteiger charge is -2.14. The Bertz CT molecular complexity index is 760. The minimum absolute atomic E-state index is 0.106. The Morgan fingerprint density at radius 1 is 1.53 bits per heavy atom. The van der Waals surface area contributed by atoms with E-state index in [0.717, 1.165) is 22.6 Å². The molecule has 7 heteroatoms. The van der Waals surface area contributed by atoms with E-state index in [0.29, 0.717) is 9.79 Å². The summed E-state index contributed by atoms with van der Waals surface area (Å²) in [6, 6.07) is 1.94. The standard InChI is InChI=1S/C12H11ClN4S2/c1-2-9(11-14-3-4-19-11)17-10-8(16-12(17)18)5-7(13)6-15-10/h3-6,9H,2H2,1H3,(H,16,18). The third-order valence-corrected chi connectivity index (χ3v) is 4.34. The molecular weight excluding hydrogens is 300 g/mol. The van der Waals surface area contributed by atoms with Crippen molar-refractivity contribution in [3.63, 3.8) is 0 Å². The molecule has 1 N–H and O–H groups in total. The molecule has 0 aliphatic carbocycles. The van der Waals surface area contributed by atoms with Crippen molar-refractivity contribution in [2.24, 2.45) is 0 Å². The van der Waals surface area contributed by atoms with Gasteiger partial charge in [-0.2, -0.15) is 0 Å². The first-order valence-electron chi connectivity index (χ1n) is 5.86. The van der Waals surface area contributed by atoms with Crippen LogP contribution in [0.2, 0.25) is 5.02 Å². The largest absolute Gasteiger partial charge is 0.329 e. The minimum Gasteiger partial charge on any atom is -0.329 e.